The molecule has 1 rings (SSSR count). The van der Waals surface area contributed by atoms with Gasteiger partial charge in [-0.3, -0.25) is 9.59 Å². The van der Waals surface area contributed by atoms with Crippen LogP contribution in [0.3, 0.4) is 0 Å². The summed E-state index contributed by atoms with van der Waals surface area (Å²) in [4.78, 5) is 23.8. The molecular formula is C19H29NO3. The smallest absolute Gasteiger partial charge is 0.313 e. The lowest BCUT2D eigenvalue weighted by Gasteiger charge is -2.23. The Bertz CT molecular complexity index is 522. The van der Waals surface area contributed by atoms with Crippen LogP contribution in [0, 0.1) is 5.92 Å². The summed E-state index contributed by atoms with van der Waals surface area (Å²) in [5, 5.41) is 2.88. The topological polar surface area (TPSA) is 55.4 Å². The fraction of sp³-hybridized carbons (Fsp3) is 0.579. The highest BCUT2D eigenvalue weighted by Gasteiger charge is 2.26. The summed E-state index contributed by atoms with van der Waals surface area (Å²) in [6, 6.07) is 7.62. The van der Waals surface area contributed by atoms with Gasteiger partial charge in [0, 0.05) is 0 Å². The number of benzene rings is 1. The van der Waals surface area contributed by atoms with Gasteiger partial charge in [0.1, 0.15) is 17.9 Å². The molecule has 1 aromatic carbocycles. The maximum atomic E-state index is 12.3. The molecular weight excluding hydrogens is 290 g/mol. The average molecular weight is 319 g/mol. The highest BCUT2D eigenvalue weighted by atomic mass is 16.5. The van der Waals surface area contributed by atoms with Gasteiger partial charge in [0.05, 0.1) is 5.92 Å². The van der Waals surface area contributed by atoms with Gasteiger partial charge >= 0.3 is 5.97 Å². The molecule has 0 aliphatic heterocycles. The van der Waals surface area contributed by atoms with Crippen LogP contribution in [-0.2, 0) is 20.7 Å². The number of carbonyl (C=O) groups is 2. The molecule has 1 aromatic rings. The van der Waals surface area contributed by atoms with Gasteiger partial charge in [0.2, 0.25) is 0 Å². The van der Waals surface area contributed by atoms with Crippen molar-refractivity contribution in [2.45, 2.75) is 59.1 Å². The first-order valence-electron chi connectivity index (χ1n) is 8.23. The molecule has 4 heteroatoms. The molecule has 0 aliphatic carbocycles. The quantitative estimate of drug-likeness (QED) is 0.748. The summed E-state index contributed by atoms with van der Waals surface area (Å²) in [5.41, 5.74) is 2.20. The normalized spacial score (nSPS) is 15.1. The third-order valence-electron chi connectivity index (χ3n) is 4.00. The molecule has 0 bridgehead atoms. The summed E-state index contributed by atoms with van der Waals surface area (Å²) in [6.45, 7) is 9.42. The van der Waals surface area contributed by atoms with Crippen LogP contribution in [0.2, 0.25) is 0 Å². The molecule has 3 atom stereocenters. The molecule has 0 aliphatic rings. The Hall–Kier alpha value is -1.68. The number of hydrogen-bond donors (Lipinski definition) is 1. The molecule has 1 N–H and O–H groups in total. The fourth-order valence-electron chi connectivity index (χ4n) is 2.67. The summed E-state index contributed by atoms with van der Waals surface area (Å²) in [5.74, 6) is -0.0988. The molecule has 1 unspecified atom stereocenters. The number of esters is 1. The van der Waals surface area contributed by atoms with Gasteiger partial charge in [-0.25, -0.2) is 0 Å². The van der Waals surface area contributed by atoms with E-state index in [-0.39, 0.29) is 17.7 Å². The van der Waals surface area contributed by atoms with Crippen molar-refractivity contribution in [2.24, 2.45) is 5.92 Å². The van der Waals surface area contributed by atoms with Crippen molar-refractivity contribution in [1.82, 2.24) is 5.32 Å². The van der Waals surface area contributed by atoms with Crippen LogP contribution in [0.1, 0.15) is 51.7 Å². The van der Waals surface area contributed by atoms with E-state index in [1.807, 2.05) is 19.1 Å². The minimum Gasteiger partial charge on any atom is -0.460 e. The second-order valence-corrected chi connectivity index (χ2v) is 6.58. The van der Waals surface area contributed by atoms with Crippen molar-refractivity contribution in [1.29, 1.82) is 0 Å². The lowest BCUT2D eigenvalue weighted by molar-refractivity contribution is -0.151. The number of carbonyl (C=O) groups excluding carboxylic acids is 2. The van der Waals surface area contributed by atoms with Crippen molar-refractivity contribution in [3.63, 3.8) is 0 Å². The Kier molecular flexibility index (Phi) is 7.43. The second-order valence-electron chi connectivity index (χ2n) is 6.58. The summed E-state index contributed by atoms with van der Waals surface area (Å²) >= 11 is 0. The molecule has 0 saturated heterocycles. The summed E-state index contributed by atoms with van der Waals surface area (Å²) < 4.78 is 5.45. The Balaban J connectivity index is 2.71. The van der Waals surface area contributed by atoms with Crippen LogP contribution < -0.4 is 5.32 Å². The van der Waals surface area contributed by atoms with Crippen LogP contribution in [-0.4, -0.2) is 30.9 Å². The minimum atomic E-state index is -0.493. The monoisotopic (exact) mass is 319 g/mol. The van der Waals surface area contributed by atoms with Gasteiger partial charge in [-0.2, -0.15) is 0 Å². The highest BCUT2D eigenvalue weighted by Crippen LogP contribution is 2.20. The zero-order valence-corrected chi connectivity index (χ0v) is 15.1. The Morgan fingerprint density at radius 3 is 2.09 bits per heavy atom. The van der Waals surface area contributed by atoms with Crippen LogP contribution in [0.4, 0.5) is 0 Å². The summed E-state index contributed by atoms with van der Waals surface area (Å²) in [7, 11) is 1.69. The van der Waals surface area contributed by atoms with Crippen molar-refractivity contribution in [3.8, 4) is 0 Å². The van der Waals surface area contributed by atoms with E-state index in [1.54, 1.807) is 14.0 Å². The molecule has 23 heavy (non-hydrogen) atoms. The van der Waals surface area contributed by atoms with E-state index in [2.05, 4.69) is 31.3 Å². The van der Waals surface area contributed by atoms with E-state index in [0.717, 1.165) is 12.0 Å². The number of ether oxygens (including phenoxy) is 1. The number of ketones is 1. The lowest BCUT2D eigenvalue weighted by Crippen LogP contribution is -2.44. The average Bonchev–Trinajstić information content (AvgIpc) is 2.46. The van der Waals surface area contributed by atoms with Gasteiger partial charge in [0.15, 0.2) is 0 Å². The molecule has 0 spiro atoms. The Morgan fingerprint density at radius 1 is 1.09 bits per heavy atom. The van der Waals surface area contributed by atoms with E-state index >= 15 is 0 Å². The number of rotatable bonds is 8. The number of Topliss-reactive ketones (excluding diaryl/α,β-unsaturated/α-hetero) is 1. The fourth-order valence-corrected chi connectivity index (χ4v) is 2.67. The SMILES string of the molecule is CN[C@H](C(C)=O)[C@@H](C)OC(=O)C(C)c1ccc(CC(C)C)cc1. The van der Waals surface area contributed by atoms with Crippen LogP contribution in [0.25, 0.3) is 0 Å². The maximum absolute atomic E-state index is 12.3. The number of likely N-dealkylation sites (N-methyl/N-ethyl adjacent to an activating group) is 1. The lowest BCUT2D eigenvalue weighted by atomic mass is 9.97. The first-order valence-corrected chi connectivity index (χ1v) is 8.23. The van der Waals surface area contributed by atoms with Crippen molar-refractivity contribution in [2.75, 3.05) is 7.05 Å². The van der Waals surface area contributed by atoms with Crippen LogP contribution in [0.15, 0.2) is 24.3 Å². The Morgan fingerprint density at radius 2 is 1.65 bits per heavy atom. The van der Waals surface area contributed by atoms with Gasteiger partial charge in [-0.1, -0.05) is 38.1 Å². The minimum absolute atomic E-state index is 0.0431. The van der Waals surface area contributed by atoms with Crippen LogP contribution >= 0.6 is 0 Å². The highest BCUT2D eigenvalue weighted by molar-refractivity contribution is 5.83. The van der Waals surface area contributed by atoms with Crippen molar-refractivity contribution >= 4 is 11.8 Å². The molecule has 0 heterocycles. The third kappa shape index (κ3) is 5.79. The van der Waals surface area contributed by atoms with Gasteiger partial charge in [-0.15, -0.1) is 0 Å². The predicted molar refractivity (Wildman–Crippen MR) is 92.5 cm³/mol. The molecule has 128 valence electrons. The zero-order valence-electron chi connectivity index (χ0n) is 15.1. The van der Waals surface area contributed by atoms with E-state index in [0.29, 0.717) is 5.92 Å². The Labute approximate surface area is 139 Å². The van der Waals surface area contributed by atoms with Gasteiger partial charge in [0.25, 0.3) is 0 Å². The zero-order chi connectivity index (χ0) is 17.6. The molecule has 0 radical (unpaired) electrons. The van der Waals surface area contributed by atoms with Crippen molar-refractivity contribution < 1.29 is 14.3 Å². The van der Waals surface area contributed by atoms with E-state index in [1.165, 1.54) is 12.5 Å². The first kappa shape index (κ1) is 19.4. The van der Waals surface area contributed by atoms with Gasteiger partial charge < -0.3 is 10.1 Å². The second kappa shape index (κ2) is 8.82. The van der Waals surface area contributed by atoms with Crippen molar-refractivity contribution in [3.05, 3.63) is 35.4 Å². The maximum Gasteiger partial charge on any atom is 0.313 e. The number of nitrogens with one attached hydrogen (secondary N) is 1. The van der Waals surface area contributed by atoms with Gasteiger partial charge in [-0.05, 0) is 51.3 Å². The largest absolute Gasteiger partial charge is 0.460 e. The molecule has 4 nitrogen and oxygen atoms in total. The predicted octanol–water partition coefficient (Wildman–Crippen LogP) is 3.10. The molecule has 0 saturated carbocycles. The third-order valence-corrected chi connectivity index (χ3v) is 4.00. The van der Waals surface area contributed by atoms with E-state index < -0.39 is 12.1 Å². The van der Waals surface area contributed by atoms with E-state index in [4.69, 9.17) is 4.74 Å². The molecule has 0 aromatic heterocycles. The van der Waals surface area contributed by atoms with E-state index in [9.17, 15) is 9.59 Å². The molecule has 0 amide bonds. The molecule has 0 fully saturated rings. The standard InChI is InChI=1S/C19H29NO3/c1-12(2)11-16-7-9-17(10-8-16)13(3)19(22)23-15(5)18(20-6)14(4)21/h7-10,12-13,15,18,20H,11H2,1-6H3/t13?,15-,18-/m1/s1. The summed E-state index contributed by atoms with van der Waals surface area (Å²) in [6.07, 6.45) is 0.533. The first-order chi connectivity index (χ1) is 10.8. The van der Waals surface area contributed by atoms with Crippen LogP contribution in [0.5, 0.6) is 0 Å². The number of hydrogen-bond acceptors (Lipinski definition) is 4.